The van der Waals surface area contributed by atoms with Gasteiger partial charge in [0.05, 0.1) is 4.92 Å². The average molecular weight is 207 g/mol. The second kappa shape index (κ2) is 3.18. The predicted molar refractivity (Wildman–Crippen MR) is 56.7 cm³/mol. The molecule has 5 nitrogen and oxygen atoms in total. The largest absolute Gasteiger partial charge is 0.361 e. The smallest absolute Gasteiger partial charge is 0.311 e. The van der Waals surface area contributed by atoms with Crippen molar-refractivity contribution >= 4 is 11.5 Å². The Balaban J connectivity index is 2.18. The number of hydrogen-bond donors (Lipinski definition) is 1. The topological polar surface area (TPSA) is 68.1 Å². The van der Waals surface area contributed by atoms with Crippen LogP contribution < -0.4 is 5.32 Å². The maximum atomic E-state index is 10.7. The number of pyridine rings is 1. The quantitative estimate of drug-likeness (QED) is 0.609. The van der Waals surface area contributed by atoms with Gasteiger partial charge in [-0.3, -0.25) is 10.1 Å². The normalized spacial score (nSPS) is 22.1. The summed E-state index contributed by atoms with van der Waals surface area (Å²) in [7, 11) is 0. The van der Waals surface area contributed by atoms with E-state index in [2.05, 4.69) is 24.1 Å². The van der Waals surface area contributed by atoms with Gasteiger partial charge in [0.2, 0.25) is 5.82 Å². The zero-order valence-corrected chi connectivity index (χ0v) is 8.73. The van der Waals surface area contributed by atoms with Crippen molar-refractivity contribution in [1.29, 1.82) is 0 Å². The molecule has 0 saturated heterocycles. The minimum atomic E-state index is -0.412. The van der Waals surface area contributed by atoms with Gasteiger partial charge in [-0.15, -0.1) is 0 Å². The number of rotatable bonds is 3. The van der Waals surface area contributed by atoms with E-state index in [4.69, 9.17) is 0 Å². The van der Waals surface area contributed by atoms with Crippen LogP contribution in [-0.2, 0) is 0 Å². The Morgan fingerprint density at radius 3 is 2.87 bits per heavy atom. The molecule has 0 amide bonds. The molecule has 1 unspecified atom stereocenters. The molecule has 15 heavy (non-hydrogen) atoms. The first-order valence-electron chi connectivity index (χ1n) is 4.87. The van der Waals surface area contributed by atoms with E-state index in [9.17, 15) is 10.1 Å². The maximum absolute atomic E-state index is 10.7. The molecule has 1 atom stereocenters. The molecular formula is C10H13N3O2. The standard InChI is InChI=1S/C10H13N3O2/c1-10(2)6-8(10)12-9-7(13(14)15)4-3-5-11-9/h3-5,8H,6H2,1-2H3,(H,11,12). The molecule has 1 heterocycles. The van der Waals surface area contributed by atoms with Crippen LogP contribution in [0.4, 0.5) is 11.5 Å². The van der Waals surface area contributed by atoms with Crippen LogP contribution in [0.15, 0.2) is 18.3 Å². The Hall–Kier alpha value is -1.65. The Morgan fingerprint density at radius 2 is 2.33 bits per heavy atom. The Labute approximate surface area is 87.7 Å². The first-order chi connectivity index (χ1) is 7.00. The highest BCUT2D eigenvalue weighted by atomic mass is 16.6. The molecule has 0 spiro atoms. The number of aromatic nitrogens is 1. The van der Waals surface area contributed by atoms with Crippen molar-refractivity contribution in [3.63, 3.8) is 0 Å². The van der Waals surface area contributed by atoms with Crippen molar-refractivity contribution in [3.8, 4) is 0 Å². The molecule has 0 aromatic carbocycles. The molecule has 1 N–H and O–H groups in total. The third-order valence-corrected chi connectivity index (χ3v) is 2.81. The Kier molecular flexibility index (Phi) is 2.10. The van der Waals surface area contributed by atoms with Crippen LogP contribution in [0.25, 0.3) is 0 Å². The van der Waals surface area contributed by atoms with Gasteiger partial charge in [0.25, 0.3) is 0 Å². The molecule has 1 aromatic heterocycles. The molecule has 1 aromatic rings. The molecule has 1 aliphatic rings. The van der Waals surface area contributed by atoms with Gasteiger partial charge in [-0.2, -0.15) is 0 Å². The molecule has 1 aliphatic carbocycles. The highest BCUT2D eigenvalue weighted by molar-refractivity contribution is 5.56. The molecule has 0 radical (unpaired) electrons. The lowest BCUT2D eigenvalue weighted by Gasteiger charge is -2.06. The fourth-order valence-corrected chi connectivity index (χ4v) is 1.53. The number of anilines is 1. The van der Waals surface area contributed by atoms with Crippen LogP contribution >= 0.6 is 0 Å². The Bertz CT molecular complexity index is 403. The van der Waals surface area contributed by atoms with E-state index in [1.54, 1.807) is 12.3 Å². The van der Waals surface area contributed by atoms with E-state index < -0.39 is 4.92 Å². The summed E-state index contributed by atoms with van der Waals surface area (Å²) in [5.74, 6) is 0.373. The van der Waals surface area contributed by atoms with E-state index in [0.717, 1.165) is 6.42 Å². The highest BCUT2D eigenvalue weighted by Gasteiger charge is 2.46. The molecule has 80 valence electrons. The van der Waals surface area contributed by atoms with Gasteiger partial charge in [-0.25, -0.2) is 4.98 Å². The number of nitrogens with zero attached hydrogens (tertiary/aromatic N) is 2. The van der Waals surface area contributed by atoms with Crippen LogP contribution in [0.5, 0.6) is 0 Å². The Morgan fingerprint density at radius 1 is 1.67 bits per heavy atom. The molecule has 0 aliphatic heterocycles. The van der Waals surface area contributed by atoms with Crippen LogP contribution in [0.2, 0.25) is 0 Å². The predicted octanol–water partition coefficient (Wildman–Crippen LogP) is 2.20. The summed E-state index contributed by atoms with van der Waals surface area (Å²) >= 11 is 0. The third-order valence-electron chi connectivity index (χ3n) is 2.81. The second-order valence-electron chi connectivity index (χ2n) is 4.52. The van der Waals surface area contributed by atoms with Crippen molar-refractivity contribution in [3.05, 3.63) is 28.4 Å². The number of nitro groups is 1. The van der Waals surface area contributed by atoms with E-state index in [0.29, 0.717) is 11.9 Å². The molecule has 5 heteroatoms. The zero-order chi connectivity index (χ0) is 11.1. The summed E-state index contributed by atoms with van der Waals surface area (Å²) in [4.78, 5) is 14.3. The average Bonchev–Trinajstić information content (AvgIpc) is 2.74. The van der Waals surface area contributed by atoms with E-state index >= 15 is 0 Å². The van der Waals surface area contributed by atoms with Crippen molar-refractivity contribution in [2.24, 2.45) is 5.41 Å². The van der Waals surface area contributed by atoms with E-state index in [1.165, 1.54) is 6.07 Å². The molecule has 1 saturated carbocycles. The molecule has 1 fully saturated rings. The van der Waals surface area contributed by atoms with E-state index in [-0.39, 0.29) is 11.1 Å². The van der Waals surface area contributed by atoms with Gasteiger partial charge in [0.15, 0.2) is 0 Å². The van der Waals surface area contributed by atoms with Crippen molar-refractivity contribution < 1.29 is 4.92 Å². The maximum Gasteiger partial charge on any atom is 0.311 e. The second-order valence-corrected chi connectivity index (χ2v) is 4.52. The summed E-state index contributed by atoms with van der Waals surface area (Å²) in [6, 6.07) is 3.33. The minimum Gasteiger partial charge on any atom is -0.361 e. The van der Waals surface area contributed by atoms with Crippen LogP contribution in [-0.4, -0.2) is 15.9 Å². The monoisotopic (exact) mass is 207 g/mol. The summed E-state index contributed by atoms with van der Waals surface area (Å²) in [5, 5.41) is 13.8. The fourth-order valence-electron chi connectivity index (χ4n) is 1.53. The first kappa shape index (κ1) is 9.89. The molecule has 2 rings (SSSR count). The van der Waals surface area contributed by atoms with Crippen molar-refractivity contribution in [2.45, 2.75) is 26.3 Å². The third kappa shape index (κ3) is 1.91. The van der Waals surface area contributed by atoms with Crippen molar-refractivity contribution in [2.75, 3.05) is 5.32 Å². The highest BCUT2D eigenvalue weighted by Crippen LogP contribution is 2.47. The van der Waals surface area contributed by atoms with Gasteiger partial charge < -0.3 is 5.32 Å². The lowest BCUT2D eigenvalue weighted by molar-refractivity contribution is -0.384. The summed E-state index contributed by atoms with van der Waals surface area (Å²) in [6.07, 6.45) is 2.59. The number of hydrogen-bond acceptors (Lipinski definition) is 4. The zero-order valence-electron chi connectivity index (χ0n) is 8.73. The summed E-state index contributed by atoms with van der Waals surface area (Å²) < 4.78 is 0. The summed E-state index contributed by atoms with van der Waals surface area (Å²) in [5.41, 5.74) is 0.269. The lowest BCUT2D eigenvalue weighted by atomic mass is 10.2. The van der Waals surface area contributed by atoms with Crippen LogP contribution in [0, 0.1) is 15.5 Å². The SMILES string of the molecule is CC1(C)CC1Nc1ncccc1[N+](=O)[O-]. The van der Waals surface area contributed by atoms with Gasteiger partial charge in [-0.1, -0.05) is 13.8 Å². The molecular weight excluding hydrogens is 194 g/mol. The van der Waals surface area contributed by atoms with Crippen LogP contribution in [0.1, 0.15) is 20.3 Å². The van der Waals surface area contributed by atoms with Gasteiger partial charge in [-0.05, 0) is 17.9 Å². The van der Waals surface area contributed by atoms with Gasteiger partial charge in [0, 0.05) is 18.3 Å². The minimum absolute atomic E-state index is 0.0419. The van der Waals surface area contributed by atoms with E-state index in [1.807, 2.05) is 0 Å². The number of nitrogens with one attached hydrogen (secondary N) is 1. The van der Waals surface area contributed by atoms with Gasteiger partial charge >= 0.3 is 5.69 Å². The molecule has 0 bridgehead atoms. The lowest BCUT2D eigenvalue weighted by Crippen LogP contribution is -2.11. The van der Waals surface area contributed by atoms with Gasteiger partial charge in [0.1, 0.15) is 0 Å². The first-order valence-corrected chi connectivity index (χ1v) is 4.87. The fraction of sp³-hybridized carbons (Fsp3) is 0.500. The summed E-state index contributed by atoms with van der Waals surface area (Å²) in [6.45, 7) is 4.25. The van der Waals surface area contributed by atoms with Crippen LogP contribution in [0.3, 0.4) is 0 Å². The van der Waals surface area contributed by atoms with Crippen molar-refractivity contribution in [1.82, 2.24) is 4.98 Å².